The number of nitrogens with zero attached hydrogens (tertiary/aromatic N) is 3. The van der Waals surface area contributed by atoms with Crippen LogP contribution < -0.4 is 4.90 Å². The molecule has 2 aliphatic heterocycles. The Morgan fingerprint density at radius 1 is 1.28 bits per heavy atom. The Kier molecular flexibility index (Phi) is 1.79. The third kappa shape index (κ3) is 1.07. The van der Waals surface area contributed by atoms with Crippen LogP contribution in [0, 0.1) is 6.92 Å². The van der Waals surface area contributed by atoms with Gasteiger partial charge in [0.15, 0.2) is 0 Å². The van der Waals surface area contributed by atoms with Crippen molar-refractivity contribution in [2.24, 2.45) is 0 Å². The normalized spacial score (nSPS) is 24.7. The summed E-state index contributed by atoms with van der Waals surface area (Å²) in [6.45, 7) is 5.52. The largest absolute Gasteiger partial charge is 0.347 e. The maximum atomic E-state index is 4.74. The van der Waals surface area contributed by atoms with Crippen molar-refractivity contribution in [3.05, 3.63) is 36.0 Å². The second kappa shape index (κ2) is 3.16. The van der Waals surface area contributed by atoms with E-state index in [0.717, 1.165) is 12.2 Å². The smallest absolute Gasteiger partial charge is 0.131 e. The fourth-order valence-corrected chi connectivity index (χ4v) is 3.53. The highest BCUT2D eigenvalue weighted by Gasteiger charge is 2.44. The number of benzene rings is 1. The van der Waals surface area contributed by atoms with E-state index in [1.807, 2.05) is 0 Å². The maximum Gasteiger partial charge on any atom is 0.131 e. The van der Waals surface area contributed by atoms with Crippen molar-refractivity contribution in [1.29, 1.82) is 0 Å². The number of para-hydroxylation sites is 1. The van der Waals surface area contributed by atoms with E-state index in [1.54, 1.807) is 0 Å². The summed E-state index contributed by atoms with van der Waals surface area (Å²) >= 11 is 0. The van der Waals surface area contributed by atoms with Gasteiger partial charge in [-0.2, -0.15) is 5.10 Å². The first-order valence-electron chi connectivity index (χ1n) is 6.64. The molecule has 0 aliphatic carbocycles. The van der Waals surface area contributed by atoms with Crippen LogP contribution in [0.4, 0.5) is 5.69 Å². The van der Waals surface area contributed by atoms with E-state index in [1.165, 1.54) is 29.8 Å². The highest BCUT2D eigenvalue weighted by Crippen LogP contribution is 2.47. The van der Waals surface area contributed by atoms with Gasteiger partial charge >= 0.3 is 0 Å². The van der Waals surface area contributed by atoms with Gasteiger partial charge in [0.25, 0.3) is 0 Å². The van der Waals surface area contributed by atoms with Gasteiger partial charge in [-0.1, -0.05) is 18.2 Å². The highest BCUT2D eigenvalue weighted by molar-refractivity contribution is 5.80. The van der Waals surface area contributed by atoms with E-state index >= 15 is 0 Å². The van der Waals surface area contributed by atoms with Crippen molar-refractivity contribution in [3.63, 3.8) is 0 Å². The monoisotopic (exact) mass is 239 g/mol. The van der Waals surface area contributed by atoms with Crippen molar-refractivity contribution in [3.8, 4) is 11.3 Å². The summed E-state index contributed by atoms with van der Waals surface area (Å²) in [6, 6.07) is 10.9. The van der Waals surface area contributed by atoms with Crippen LogP contribution in [-0.2, 0) is 5.66 Å². The Hall–Kier alpha value is -1.77. The minimum atomic E-state index is 0.0257. The summed E-state index contributed by atoms with van der Waals surface area (Å²) in [4.78, 5) is 2.52. The zero-order valence-corrected chi connectivity index (χ0v) is 10.8. The first kappa shape index (κ1) is 10.2. The summed E-state index contributed by atoms with van der Waals surface area (Å²) in [5.74, 6) is 0. The summed E-state index contributed by atoms with van der Waals surface area (Å²) in [5, 5.41) is 4.74. The van der Waals surface area contributed by atoms with Gasteiger partial charge in [0, 0.05) is 17.8 Å². The molecule has 3 nitrogen and oxygen atoms in total. The van der Waals surface area contributed by atoms with Crippen molar-refractivity contribution in [1.82, 2.24) is 9.78 Å². The molecule has 0 saturated carbocycles. The summed E-state index contributed by atoms with van der Waals surface area (Å²) in [7, 11) is 0. The number of aromatic nitrogens is 2. The van der Waals surface area contributed by atoms with Crippen LogP contribution in [-0.4, -0.2) is 16.3 Å². The zero-order valence-electron chi connectivity index (χ0n) is 10.8. The molecule has 1 aromatic heterocycles. The molecule has 3 heterocycles. The minimum absolute atomic E-state index is 0.0257. The van der Waals surface area contributed by atoms with Crippen molar-refractivity contribution < 1.29 is 0 Å². The van der Waals surface area contributed by atoms with E-state index in [4.69, 9.17) is 5.10 Å². The van der Waals surface area contributed by atoms with Gasteiger partial charge in [-0.05, 0) is 38.8 Å². The molecule has 0 bridgehead atoms. The molecule has 3 heteroatoms. The molecule has 92 valence electrons. The molecule has 1 atom stereocenters. The molecule has 2 aromatic rings. The van der Waals surface area contributed by atoms with Crippen LogP contribution in [0.2, 0.25) is 0 Å². The van der Waals surface area contributed by atoms with Crippen LogP contribution in [0.25, 0.3) is 11.3 Å². The zero-order chi connectivity index (χ0) is 12.3. The maximum absolute atomic E-state index is 4.74. The van der Waals surface area contributed by atoms with E-state index in [0.29, 0.717) is 0 Å². The molecule has 1 fully saturated rings. The highest BCUT2D eigenvalue weighted by atomic mass is 15.5. The van der Waals surface area contributed by atoms with Gasteiger partial charge in [0.1, 0.15) is 5.66 Å². The Labute approximate surface area is 107 Å². The number of hydrogen-bond donors (Lipinski definition) is 0. The lowest BCUT2D eigenvalue weighted by Gasteiger charge is -2.43. The summed E-state index contributed by atoms with van der Waals surface area (Å²) in [6.07, 6.45) is 2.42. The average Bonchev–Trinajstić information content (AvgIpc) is 2.93. The molecule has 0 radical (unpaired) electrons. The third-order valence-electron chi connectivity index (χ3n) is 4.37. The standard InChI is InChI=1S/C15H17N3/c1-11-10-14-12-6-3-4-7-13(12)17-9-5-8-15(17,2)18(14)16-11/h3-4,6-7,10H,5,8-9H2,1-2H3. The van der Waals surface area contributed by atoms with Crippen LogP contribution >= 0.6 is 0 Å². The number of aryl methyl sites for hydroxylation is 1. The minimum Gasteiger partial charge on any atom is -0.347 e. The van der Waals surface area contributed by atoms with Crippen LogP contribution in [0.5, 0.6) is 0 Å². The Bertz CT molecular complexity index is 628. The molecule has 0 spiro atoms. The molecule has 1 unspecified atom stereocenters. The van der Waals surface area contributed by atoms with Gasteiger partial charge in [0.2, 0.25) is 0 Å². The lowest BCUT2D eigenvalue weighted by molar-refractivity contribution is 0.296. The lowest BCUT2D eigenvalue weighted by Crippen LogP contribution is -2.47. The molecule has 1 saturated heterocycles. The molecule has 4 rings (SSSR count). The SMILES string of the molecule is Cc1cc2n(n1)C1(C)CCCN1c1ccccc1-2. The fraction of sp³-hybridized carbons (Fsp3) is 0.400. The molecule has 0 N–H and O–H groups in total. The molecule has 0 amide bonds. The van der Waals surface area contributed by atoms with Gasteiger partial charge in [-0.15, -0.1) is 0 Å². The molecule has 18 heavy (non-hydrogen) atoms. The molecule has 1 aromatic carbocycles. The van der Waals surface area contributed by atoms with Gasteiger partial charge < -0.3 is 4.90 Å². The number of hydrogen-bond acceptors (Lipinski definition) is 2. The number of rotatable bonds is 0. The topological polar surface area (TPSA) is 21.1 Å². The fourth-order valence-electron chi connectivity index (χ4n) is 3.53. The van der Waals surface area contributed by atoms with Gasteiger partial charge in [-0.25, -0.2) is 4.68 Å². The summed E-state index contributed by atoms with van der Waals surface area (Å²) in [5.41, 5.74) is 5.08. The average molecular weight is 239 g/mol. The first-order chi connectivity index (χ1) is 8.70. The number of anilines is 1. The van der Waals surface area contributed by atoms with E-state index < -0.39 is 0 Å². The lowest BCUT2D eigenvalue weighted by atomic mass is 10.00. The van der Waals surface area contributed by atoms with Gasteiger partial charge in [0.05, 0.1) is 11.4 Å². The van der Waals surface area contributed by atoms with E-state index in [-0.39, 0.29) is 5.66 Å². The van der Waals surface area contributed by atoms with Crippen molar-refractivity contribution in [2.75, 3.05) is 11.4 Å². The molecular formula is C15H17N3. The van der Waals surface area contributed by atoms with Gasteiger partial charge in [-0.3, -0.25) is 0 Å². The van der Waals surface area contributed by atoms with Crippen LogP contribution in [0.1, 0.15) is 25.5 Å². The van der Waals surface area contributed by atoms with Crippen molar-refractivity contribution in [2.45, 2.75) is 32.4 Å². The first-order valence-corrected chi connectivity index (χ1v) is 6.64. The third-order valence-corrected chi connectivity index (χ3v) is 4.37. The molecular weight excluding hydrogens is 222 g/mol. The second-order valence-corrected chi connectivity index (χ2v) is 5.57. The predicted molar refractivity (Wildman–Crippen MR) is 72.6 cm³/mol. The van der Waals surface area contributed by atoms with Crippen LogP contribution in [0.15, 0.2) is 30.3 Å². The Morgan fingerprint density at radius 3 is 3.00 bits per heavy atom. The second-order valence-electron chi connectivity index (χ2n) is 5.57. The number of fused-ring (bicyclic) bond motifs is 6. The van der Waals surface area contributed by atoms with Crippen molar-refractivity contribution >= 4 is 5.69 Å². The predicted octanol–water partition coefficient (Wildman–Crippen LogP) is 3.15. The molecule has 2 aliphatic rings. The Balaban J connectivity index is 2.08. The van der Waals surface area contributed by atoms with E-state index in [2.05, 4.69) is 53.8 Å². The van der Waals surface area contributed by atoms with E-state index in [9.17, 15) is 0 Å². The summed E-state index contributed by atoms with van der Waals surface area (Å²) < 4.78 is 2.23. The van der Waals surface area contributed by atoms with Crippen LogP contribution in [0.3, 0.4) is 0 Å². The Morgan fingerprint density at radius 2 is 2.11 bits per heavy atom. The quantitative estimate of drug-likeness (QED) is 0.704.